The summed E-state index contributed by atoms with van der Waals surface area (Å²) in [4.78, 5) is 12.4. The summed E-state index contributed by atoms with van der Waals surface area (Å²) in [5.74, 6) is 0.00189. The maximum atomic E-state index is 12.4. The van der Waals surface area contributed by atoms with Gasteiger partial charge in [0.15, 0.2) is 0 Å². The van der Waals surface area contributed by atoms with Crippen molar-refractivity contribution in [2.45, 2.75) is 37.2 Å². The molecular formula is C17H25IO5S. The van der Waals surface area contributed by atoms with Gasteiger partial charge in [-0.15, -0.1) is 0 Å². The molecule has 1 aliphatic rings. The van der Waals surface area contributed by atoms with Crippen molar-refractivity contribution in [1.82, 2.24) is 0 Å². The van der Waals surface area contributed by atoms with E-state index in [2.05, 4.69) is 0 Å². The third-order valence-electron chi connectivity index (χ3n) is 4.08. The summed E-state index contributed by atoms with van der Waals surface area (Å²) in [6.07, 6.45) is 1.05. The first kappa shape index (κ1) is 19.7. The van der Waals surface area contributed by atoms with Crippen LogP contribution >= 0.6 is 20.2 Å². The molecule has 1 saturated heterocycles. The third-order valence-corrected chi connectivity index (χ3v) is 11.8. The number of benzene rings is 1. The zero-order valence-corrected chi connectivity index (χ0v) is 17.0. The quantitative estimate of drug-likeness (QED) is 0.395. The fourth-order valence-corrected chi connectivity index (χ4v) is 9.82. The van der Waals surface area contributed by atoms with Crippen molar-refractivity contribution in [2.24, 2.45) is 5.41 Å². The fraction of sp³-hybridized carbons (Fsp3) is 0.588. The Morgan fingerprint density at radius 3 is 2.42 bits per heavy atom. The molecule has 0 bridgehead atoms. The number of hydrogen-bond donors (Lipinski definition) is 1. The Balaban J connectivity index is 1.86. The van der Waals surface area contributed by atoms with Crippen LogP contribution in [0.1, 0.15) is 32.3 Å². The molecular weight excluding hydrogens is 443 g/mol. The molecule has 0 unspecified atom stereocenters. The van der Waals surface area contributed by atoms with Gasteiger partial charge in [-0.1, -0.05) is 0 Å². The van der Waals surface area contributed by atoms with E-state index in [-0.39, 0.29) is 28.0 Å². The van der Waals surface area contributed by atoms with Crippen molar-refractivity contribution in [3.05, 3.63) is 35.9 Å². The number of sulfone groups is 1. The van der Waals surface area contributed by atoms with Crippen molar-refractivity contribution in [3.8, 4) is 0 Å². The van der Waals surface area contributed by atoms with Gasteiger partial charge in [-0.05, 0) is 0 Å². The first-order chi connectivity index (χ1) is 11.2. The number of alkyl halides is 2. The molecule has 1 N–H and O–H groups in total. The Morgan fingerprint density at radius 2 is 1.83 bits per heavy atom. The van der Waals surface area contributed by atoms with Crippen LogP contribution in [-0.2, 0) is 26.0 Å². The number of carbonyl (C=O) groups excluding carboxylic acids is 1. The monoisotopic (exact) mass is 468 g/mol. The van der Waals surface area contributed by atoms with Gasteiger partial charge in [-0.25, -0.2) is 0 Å². The van der Waals surface area contributed by atoms with Crippen molar-refractivity contribution in [1.29, 1.82) is 0 Å². The average Bonchev–Trinajstić information content (AvgIpc) is 2.53. The second-order valence-electron chi connectivity index (χ2n) is 6.78. The summed E-state index contributed by atoms with van der Waals surface area (Å²) in [6.45, 7) is 3.81. The molecule has 1 fully saturated rings. The van der Waals surface area contributed by atoms with Crippen LogP contribution in [0.5, 0.6) is 0 Å². The molecule has 0 spiro atoms. The zero-order chi connectivity index (χ0) is 17.8. The number of esters is 1. The van der Waals surface area contributed by atoms with Gasteiger partial charge in [0.1, 0.15) is 0 Å². The molecule has 2 rings (SSSR count). The molecule has 7 heteroatoms. The van der Waals surface area contributed by atoms with Crippen LogP contribution in [0.25, 0.3) is 0 Å². The Bertz CT molecular complexity index is 643. The molecule has 0 aromatic heterocycles. The van der Waals surface area contributed by atoms with Crippen LogP contribution in [0.4, 0.5) is 0 Å². The van der Waals surface area contributed by atoms with E-state index in [0.717, 1.165) is 5.56 Å². The van der Waals surface area contributed by atoms with Gasteiger partial charge in [-0.3, -0.25) is 0 Å². The molecule has 5 nitrogen and oxygen atoms in total. The van der Waals surface area contributed by atoms with Crippen LogP contribution in [-0.4, -0.2) is 37.7 Å². The van der Waals surface area contributed by atoms with E-state index in [1.54, 1.807) is 13.8 Å². The SMILES string of the molecule is CC(C)(CI(O)C1CCS(=O)(=O)CC1)C(=O)OCc1ccccc1. The summed E-state index contributed by atoms with van der Waals surface area (Å²) in [5, 5.41) is 0. The maximum absolute atomic E-state index is 12.4. The van der Waals surface area contributed by atoms with E-state index < -0.39 is 35.5 Å². The first-order valence-electron chi connectivity index (χ1n) is 7.95. The molecule has 136 valence electrons. The number of ether oxygens (including phenoxy) is 1. The van der Waals surface area contributed by atoms with Gasteiger partial charge in [0.2, 0.25) is 0 Å². The molecule has 24 heavy (non-hydrogen) atoms. The van der Waals surface area contributed by atoms with Crippen LogP contribution in [0.3, 0.4) is 0 Å². The predicted octanol–water partition coefficient (Wildman–Crippen LogP) is 2.75. The number of rotatable bonds is 6. The molecule has 0 atom stereocenters. The van der Waals surface area contributed by atoms with E-state index in [1.807, 2.05) is 30.3 Å². The molecule has 1 aliphatic heterocycles. The van der Waals surface area contributed by atoms with Crippen molar-refractivity contribution >= 4 is 36.0 Å². The van der Waals surface area contributed by atoms with Crippen molar-refractivity contribution in [3.63, 3.8) is 0 Å². The summed E-state index contributed by atoms with van der Waals surface area (Å²) >= 11 is -2.38. The first-order valence-corrected chi connectivity index (χ1v) is 13.5. The van der Waals surface area contributed by atoms with E-state index >= 15 is 0 Å². The summed E-state index contributed by atoms with van der Waals surface area (Å²) < 4.78 is 39.5. The van der Waals surface area contributed by atoms with Crippen molar-refractivity contribution in [2.75, 3.05) is 15.9 Å². The van der Waals surface area contributed by atoms with Crippen LogP contribution in [0.15, 0.2) is 30.3 Å². The third kappa shape index (κ3) is 5.70. The Kier molecular flexibility index (Phi) is 6.66. The minimum absolute atomic E-state index is 0.0823. The summed E-state index contributed by atoms with van der Waals surface area (Å²) in [5.41, 5.74) is 0.184. The average molecular weight is 468 g/mol. The Hall–Kier alpha value is -0.670. The molecule has 0 saturated carbocycles. The standard InChI is InChI=1S/C17H25IO5S/c1-17(2,16(19)23-12-14-6-4-3-5-7-14)13-18(20)15-8-10-24(21,22)11-9-15/h3-7,15,20H,8-13H2,1-2H3. The Morgan fingerprint density at radius 1 is 1.25 bits per heavy atom. The van der Waals surface area contributed by atoms with Gasteiger partial charge >= 0.3 is 152 Å². The number of hydrogen-bond acceptors (Lipinski definition) is 5. The fourth-order valence-electron chi connectivity index (χ4n) is 2.54. The molecule has 1 aromatic carbocycles. The van der Waals surface area contributed by atoms with Gasteiger partial charge in [-0.2, -0.15) is 0 Å². The van der Waals surface area contributed by atoms with E-state index in [1.165, 1.54) is 0 Å². The normalized spacial score (nSPS) is 18.9. The predicted molar refractivity (Wildman–Crippen MR) is 103 cm³/mol. The molecule has 0 amide bonds. The summed E-state index contributed by atoms with van der Waals surface area (Å²) in [6, 6.07) is 9.48. The number of carbonyl (C=O) groups is 1. The van der Waals surface area contributed by atoms with Gasteiger partial charge in [0, 0.05) is 0 Å². The van der Waals surface area contributed by atoms with Gasteiger partial charge in [0.25, 0.3) is 0 Å². The second kappa shape index (κ2) is 8.14. The molecule has 0 radical (unpaired) electrons. The van der Waals surface area contributed by atoms with Crippen LogP contribution < -0.4 is 0 Å². The van der Waals surface area contributed by atoms with Crippen LogP contribution in [0.2, 0.25) is 0 Å². The van der Waals surface area contributed by atoms with Gasteiger partial charge in [0.05, 0.1) is 0 Å². The van der Waals surface area contributed by atoms with Crippen LogP contribution in [0, 0.1) is 5.41 Å². The molecule has 0 aliphatic carbocycles. The molecule has 1 heterocycles. The van der Waals surface area contributed by atoms with Crippen molar-refractivity contribution < 1.29 is 21.4 Å². The van der Waals surface area contributed by atoms with E-state index in [4.69, 9.17) is 4.74 Å². The molecule has 1 aromatic rings. The topological polar surface area (TPSA) is 80.7 Å². The van der Waals surface area contributed by atoms with E-state index in [0.29, 0.717) is 17.3 Å². The Labute approximate surface area is 151 Å². The summed E-state index contributed by atoms with van der Waals surface area (Å²) in [7, 11) is -2.93. The van der Waals surface area contributed by atoms with E-state index in [9.17, 15) is 16.6 Å². The number of halogens is 1. The zero-order valence-electron chi connectivity index (χ0n) is 14.1. The second-order valence-corrected chi connectivity index (χ2v) is 13.7. The minimum atomic E-state index is -2.93. The van der Waals surface area contributed by atoms with Gasteiger partial charge < -0.3 is 0 Å².